The molecule has 0 fully saturated rings. The summed E-state index contributed by atoms with van der Waals surface area (Å²) < 4.78 is 0. The zero-order valence-corrected chi connectivity index (χ0v) is 9.09. The van der Waals surface area contributed by atoms with Gasteiger partial charge in [-0.25, -0.2) is 0 Å². The number of hydrogen-bond acceptors (Lipinski definition) is 3. The highest BCUT2D eigenvalue weighted by Gasteiger charge is 2.07. The maximum Gasteiger partial charge on any atom is 0.360 e. The van der Waals surface area contributed by atoms with Crippen molar-refractivity contribution in [3.8, 4) is 0 Å². The van der Waals surface area contributed by atoms with Gasteiger partial charge >= 0.3 is 5.91 Å². The molecule has 4 nitrogen and oxygen atoms in total. The van der Waals surface area contributed by atoms with E-state index in [1.165, 1.54) is 11.3 Å². The van der Waals surface area contributed by atoms with Crippen LogP contribution in [0.15, 0.2) is 57.4 Å². The van der Waals surface area contributed by atoms with E-state index in [0.29, 0.717) is 11.3 Å². The summed E-state index contributed by atoms with van der Waals surface area (Å²) in [6.07, 6.45) is 0. The molecule has 0 N–H and O–H groups in total. The number of thiophene rings is 1. The van der Waals surface area contributed by atoms with Crippen LogP contribution in [0.3, 0.4) is 0 Å². The van der Waals surface area contributed by atoms with Crippen molar-refractivity contribution in [2.75, 3.05) is 0 Å². The minimum absolute atomic E-state index is 0.389. The summed E-state index contributed by atoms with van der Waals surface area (Å²) in [6.45, 7) is 0. The topological polar surface area (TPSA) is 55.9 Å². The van der Waals surface area contributed by atoms with Crippen LogP contribution in [0.5, 0.6) is 0 Å². The molecule has 0 aliphatic carbocycles. The number of hydrogen-bond donors (Lipinski definition) is 0. The maximum atomic E-state index is 11.5. The fourth-order valence-corrected chi connectivity index (χ4v) is 1.63. The second kappa shape index (κ2) is 5.11. The average molecular weight is 230 g/mol. The Morgan fingerprint density at radius 3 is 2.69 bits per heavy atom. The molecule has 16 heavy (non-hydrogen) atoms. The lowest BCUT2D eigenvalue weighted by atomic mass is 10.2. The van der Waals surface area contributed by atoms with Gasteiger partial charge in [0.25, 0.3) is 0 Å². The fraction of sp³-hybridized carbons (Fsp3) is 0. The molecule has 2 aromatic rings. The lowest BCUT2D eigenvalue weighted by Crippen LogP contribution is -1.93. The van der Waals surface area contributed by atoms with E-state index in [1.54, 1.807) is 30.3 Å². The van der Waals surface area contributed by atoms with Crippen LogP contribution < -0.4 is 4.91 Å². The Kier molecular flexibility index (Phi) is 3.33. The van der Waals surface area contributed by atoms with Crippen LogP contribution in [-0.2, 0) is 0 Å². The lowest BCUT2D eigenvalue weighted by molar-refractivity contribution is 0.0992. The predicted molar refractivity (Wildman–Crippen MR) is 61.7 cm³/mol. The smallest absolute Gasteiger partial charge is 0.259 e. The van der Waals surface area contributed by atoms with Crippen molar-refractivity contribution in [2.45, 2.75) is 0 Å². The van der Waals surface area contributed by atoms with Crippen LogP contribution in [0.4, 0.5) is 5.69 Å². The third kappa shape index (κ3) is 2.70. The summed E-state index contributed by atoms with van der Waals surface area (Å²) in [4.78, 5) is 15.0. The molecule has 0 aliphatic heterocycles. The molecule has 0 saturated carbocycles. The SMILES string of the molecule is O=C(N=[N+]=Nc1ccsc1)c1ccccc1. The van der Waals surface area contributed by atoms with E-state index in [2.05, 4.69) is 15.1 Å². The quantitative estimate of drug-likeness (QED) is 0.577. The Morgan fingerprint density at radius 1 is 1.19 bits per heavy atom. The molecule has 0 radical (unpaired) electrons. The van der Waals surface area contributed by atoms with Crippen molar-refractivity contribution in [1.29, 1.82) is 0 Å². The van der Waals surface area contributed by atoms with Crippen molar-refractivity contribution in [1.82, 2.24) is 4.91 Å². The minimum atomic E-state index is -0.389. The predicted octanol–water partition coefficient (Wildman–Crippen LogP) is 3.19. The summed E-state index contributed by atoms with van der Waals surface area (Å²) >= 11 is 1.51. The van der Waals surface area contributed by atoms with E-state index in [4.69, 9.17) is 0 Å². The molecular formula is C11H8N3OS+. The van der Waals surface area contributed by atoms with Gasteiger partial charge in [-0.3, -0.25) is 4.79 Å². The first kappa shape index (κ1) is 10.4. The third-order valence-corrected chi connectivity index (χ3v) is 2.49. The van der Waals surface area contributed by atoms with Crippen LogP contribution in [0.2, 0.25) is 0 Å². The van der Waals surface area contributed by atoms with Crippen molar-refractivity contribution in [2.24, 2.45) is 10.2 Å². The molecule has 0 saturated heterocycles. The molecule has 2 rings (SSSR count). The van der Waals surface area contributed by atoms with Crippen LogP contribution in [0.1, 0.15) is 10.4 Å². The van der Waals surface area contributed by atoms with Crippen molar-refractivity contribution in [3.63, 3.8) is 0 Å². The average Bonchev–Trinajstić information content (AvgIpc) is 2.83. The van der Waals surface area contributed by atoms with Gasteiger partial charge in [-0.1, -0.05) is 18.2 Å². The molecule has 1 heterocycles. The second-order valence-corrected chi connectivity index (χ2v) is 3.72. The molecule has 78 valence electrons. The molecule has 0 atom stereocenters. The van der Waals surface area contributed by atoms with Gasteiger partial charge < -0.3 is 0 Å². The van der Waals surface area contributed by atoms with Crippen molar-refractivity contribution in [3.05, 3.63) is 52.7 Å². The first-order valence-corrected chi connectivity index (χ1v) is 5.54. The molecule has 1 amide bonds. The summed E-state index contributed by atoms with van der Waals surface area (Å²) in [5, 5.41) is 11.0. The van der Waals surface area contributed by atoms with E-state index in [-0.39, 0.29) is 5.91 Å². The number of carbonyl (C=O) groups excluding carboxylic acids is 1. The first-order chi connectivity index (χ1) is 7.86. The standard InChI is InChI=1S/C11H8N3OS/c15-11(9-4-2-1-3-5-9)13-14-12-10-6-7-16-8-10/h1-8H/q+1. The van der Waals surface area contributed by atoms with Crippen LogP contribution in [0.25, 0.3) is 0 Å². The molecule has 0 bridgehead atoms. The zero-order valence-electron chi connectivity index (χ0n) is 8.28. The van der Waals surface area contributed by atoms with Crippen molar-refractivity contribution < 1.29 is 4.79 Å². The van der Waals surface area contributed by atoms with Crippen LogP contribution in [0, 0.1) is 0 Å². The Labute approximate surface area is 96.0 Å². The summed E-state index contributed by atoms with van der Waals surface area (Å²) in [7, 11) is 0. The normalized spacial score (nSPS) is 9.25. The van der Waals surface area contributed by atoms with Gasteiger partial charge in [0.1, 0.15) is 0 Å². The minimum Gasteiger partial charge on any atom is -0.259 e. The number of benzene rings is 1. The van der Waals surface area contributed by atoms with Gasteiger partial charge in [0.05, 0.1) is 0 Å². The maximum absolute atomic E-state index is 11.5. The summed E-state index contributed by atoms with van der Waals surface area (Å²) in [5.74, 6) is -0.389. The number of amides is 1. The van der Waals surface area contributed by atoms with Gasteiger partial charge in [0.15, 0.2) is 10.8 Å². The Morgan fingerprint density at radius 2 is 2.00 bits per heavy atom. The number of nitrogens with zero attached hydrogens (tertiary/aromatic N) is 3. The Hall–Kier alpha value is -2.10. The molecule has 1 aromatic carbocycles. The van der Waals surface area contributed by atoms with E-state index in [1.807, 2.05) is 16.8 Å². The Balaban J connectivity index is 2.11. The largest absolute Gasteiger partial charge is 0.360 e. The van der Waals surface area contributed by atoms with E-state index in [9.17, 15) is 4.79 Å². The van der Waals surface area contributed by atoms with Crippen molar-refractivity contribution >= 4 is 22.9 Å². The fourth-order valence-electron chi connectivity index (χ4n) is 1.07. The second-order valence-electron chi connectivity index (χ2n) is 2.94. The van der Waals surface area contributed by atoms with Gasteiger partial charge in [-0.2, -0.15) is 0 Å². The molecule has 0 unspecified atom stereocenters. The van der Waals surface area contributed by atoms with Crippen LogP contribution in [-0.4, -0.2) is 5.91 Å². The Bertz CT molecular complexity index is 528. The molecule has 1 aromatic heterocycles. The molecule has 0 spiro atoms. The number of rotatable bonds is 2. The third-order valence-electron chi connectivity index (χ3n) is 1.82. The molecular weight excluding hydrogens is 222 g/mol. The molecule has 5 heteroatoms. The first-order valence-electron chi connectivity index (χ1n) is 4.59. The highest BCUT2D eigenvalue weighted by molar-refractivity contribution is 7.08. The summed E-state index contributed by atoms with van der Waals surface area (Å²) in [6, 6.07) is 10.6. The van der Waals surface area contributed by atoms with Crippen LogP contribution >= 0.6 is 11.3 Å². The molecule has 0 aliphatic rings. The van der Waals surface area contributed by atoms with E-state index < -0.39 is 0 Å². The monoisotopic (exact) mass is 230 g/mol. The van der Waals surface area contributed by atoms with Gasteiger partial charge in [0, 0.05) is 10.9 Å². The highest BCUT2D eigenvalue weighted by Crippen LogP contribution is 2.13. The van der Waals surface area contributed by atoms with E-state index >= 15 is 0 Å². The zero-order chi connectivity index (χ0) is 11.2. The van der Waals surface area contributed by atoms with Gasteiger partial charge in [0.2, 0.25) is 10.0 Å². The van der Waals surface area contributed by atoms with Gasteiger partial charge in [-0.15, -0.1) is 11.3 Å². The van der Waals surface area contributed by atoms with Gasteiger partial charge in [-0.05, 0) is 23.6 Å². The van der Waals surface area contributed by atoms with E-state index in [0.717, 1.165) is 0 Å². The summed E-state index contributed by atoms with van der Waals surface area (Å²) in [5.41, 5.74) is 1.21. The highest BCUT2D eigenvalue weighted by atomic mass is 32.1. The number of carbonyl (C=O) groups is 1. The lowest BCUT2D eigenvalue weighted by Gasteiger charge is -1.85.